The van der Waals surface area contributed by atoms with E-state index in [-0.39, 0.29) is 11.9 Å². The number of aromatic nitrogens is 2. The van der Waals surface area contributed by atoms with Crippen LogP contribution in [-0.2, 0) is 6.54 Å². The molecule has 1 fully saturated rings. The van der Waals surface area contributed by atoms with E-state index in [2.05, 4.69) is 20.2 Å². The van der Waals surface area contributed by atoms with Gasteiger partial charge in [-0.1, -0.05) is 12.1 Å². The predicted molar refractivity (Wildman–Crippen MR) is 100 cm³/mol. The number of aromatic amines is 1. The van der Waals surface area contributed by atoms with Crippen LogP contribution in [0.5, 0.6) is 5.88 Å². The predicted octanol–water partition coefficient (Wildman–Crippen LogP) is 2.58. The maximum absolute atomic E-state index is 12.5. The van der Waals surface area contributed by atoms with Crippen molar-refractivity contribution in [3.63, 3.8) is 0 Å². The smallest absolute Gasteiger partial charge is 0.251 e. The summed E-state index contributed by atoms with van der Waals surface area (Å²) in [5.41, 5.74) is 2.82. The van der Waals surface area contributed by atoms with Gasteiger partial charge >= 0.3 is 0 Å². The summed E-state index contributed by atoms with van der Waals surface area (Å²) < 4.78 is 5.09. The highest BCUT2D eigenvalue weighted by atomic mass is 16.5. The van der Waals surface area contributed by atoms with Crippen LogP contribution in [0.3, 0.4) is 0 Å². The lowest BCUT2D eigenvalue weighted by molar-refractivity contribution is 0.0937. The van der Waals surface area contributed by atoms with Crippen molar-refractivity contribution in [2.45, 2.75) is 19.0 Å². The van der Waals surface area contributed by atoms with Crippen molar-refractivity contribution in [2.24, 2.45) is 0 Å². The first-order valence-electron chi connectivity index (χ1n) is 8.80. The van der Waals surface area contributed by atoms with Gasteiger partial charge in [-0.25, -0.2) is 4.98 Å². The number of carbonyl (C=O) groups is 1. The van der Waals surface area contributed by atoms with Gasteiger partial charge in [-0.05, 0) is 35.6 Å². The molecule has 1 aromatic carbocycles. The first kappa shape index (κ1) is 16.6. The molecule has 0 aliphatic carbocycles. The minimum absolute atomic E-state index is 0.0144. The molecule has 0 unspecified atom stereocenters. The number of pyridine rings is 1. The number of nitrogens with zero attached hydrogens (tertiary/aromatic N) is 2. The Bertz CT molecular complexity index is 904. The second-order valence-corrected chi connectivity index (χ2v) is 6.68. The van der Waals surface area contributed by atoms with E-state index in [1.165, 1.54) is 0 Å². The van der Waals surface area contributed by atoms with Crippen LogP contribution in [0, 0.1) is 0 Å². The Kier molecular flexibility index (Phi) is 4.58. The van der Waals surface area contributed by atoms with E-state index in [1.807, 2.05) is 48.8 Å². The lowest BCUT2D eigenvalue weighted by Gasteiger charge is -2.17. The van der Waals surface area contributed by atoms with Crippen LogP contribution in [0.4, 0.5) is 0 Å². The lowest BCUT2D eigenvalue weighted by atomic mass is 10.1. The third kappa shape index (κ3) is 3.55. The number of hydrogen-bond donors (Lipinski definition) is 2. The van der Waals surface area contributed by atoms with Crippen molar-refractivity contribution in [3.8, 4) is 5.88 Å². The van der Waals surface area contributed by atoms with Crippen LogP contribution in [0.25, 0.3) is 10.9 Å². The van der Waals surface area contributed by atoms with Crippen molar-refractivity contribution in [1.29, 1.82) is 0 Å². The largest absolute Gasteiger partial charge is 0.481 e. The summed E-state index contributed by atoms with van der Waals surface area (Å²) >= 11 is 0. The average Bonchev–Trinajstić information content (AvgIpc) is 3.31. The van der Waals surface area contributed by atoms with E-state index >= 15 is 0 Å². The van der Waals surface area contributed by atoms with Crippen LogP contribution in [0.1, 0.15) is 22.3 Å². The molecule has 3 aromatic rings. The van der Waals surface area contributed by atoms with Gasteiger partial charge in [-0.3, -0.25) is 9.69 Å². The fourth-order valence-electron chi connectivity index (χ4n) is 3.44. The minimum atomic E-state index is -0.0144. The number of amides is 1. The van der Waals surface area contributed by atoms with Crippen molar-refractivity contribution in [3.05, 3.63) is 59.9 Å². The molecule has 4 rings (SSSR count). The highest BCUT2D eigenvalue weighted by Crippen LogP contribution is 2.17. The zero-order valence-corrected chi connectivity index (χ0v) is 14.7. The van der Waals surface area contributed by atoms with Gasteiger partial charge in [-0.2, -0.15) is 0 Å². The number of methoxy groups -OCH3 is 1. The quantitative estimate of drug-likeness (QED) is 0.742. The number of fused-ring (bicyclic) bond motifs is 1. The van der Waals surface area contributed by atoms with E-state index in [1.54, 1.807) is 7.11 Å². The fourth-order valence-corrected chi connectivity index (χ4v) is 3.44. The first-order chi connectivity index (χ1) is 12.7. The van der Waals surface area contributed by atoms with Crippen LogP contribution in [0.15, 0.2) is 48.8 Å². The normalized spacial score (nSPS) is 17.5. The lowest BCUT2D eigenvalue weighted by Crippen LogP contribution is -2.37. The molecule has 26 heavy (non-hydrogen) atoms. The van der Waals surface area contributed by atoms with Gasteiger partial charge in [0.2, 0.25) is 5.88 Å². The highest BCUT2D eigenvalue weighted by molar-refractivity contribution is 5.98. The SMILES string of the molecule is COc1ccc(CN2CC[C@@H](NC(=O)c3ccc4cc[nH]c4c3)C2)cn1. The molecule has 1 aliphatic heterocycles. The van der Waals surface area contributed by atoms with Crippen LogP contribution in [-0.4, -0.2) is 47.0 Å². The zero-order chi connectivity index (χ0) is 17.9. The molecule has 2 N–H and O–H groups in total. The van der Waals surface area contributed by atoms with Crippen LogP contribution in [0.2, 0.25) is 0 Å². The van der Waals surface area contributed by atoms with Crippen molar-refractivity contribution in [1.82, 2.24) is 20.2 Å². The van der Waals surface area contributed by atoms with Crippen molar-refractivity contribution >= 4 is 16.8 Å². The van der Waals surface area contributed by atoms with E-state index in [9.17, 15) is 4.79 Å². The van der Waals surface area contributed by atoms with Gasteiger partial charge in [0.25, 0.3) is 5.91 Å². The summed E-state index contributed by atoms with van der Waals surface area (Å²) in [5.74, 6) is 0.610. The fraction of sp³-hybridized carbons (Fsp3) is 0.300. The summed E-state index contributed by atoms with van der Waals surface area (Å²) in [6.07, 6.45) is 4.69. The van der Waals surface area contributed by atoms with Gasteiger partial charge in [-0.15, -0.1) is 0 Å². The molecular weight excluding hydrogens is 328 g/mol. The van der Waals surface area contributed by atoms with E-state index in [4.69, 9.17) is 4.74 Å². The van der Waals surface area contributed by atoms with E-state index in [0.29, 0.717) is 11.4 Å². The molecular formula is C20H22N4O2. The van der Waals surface area contributed by atoms with E-state index in [0.717, 1.165) is 42.5 Å². The van der Waals surface area contributed by atoms with Gasteiger partial charge in [0, 0.05) is 55.2 Å². The highest BCUT2D eigenvalue weighted by Gasteiger charge is 2.24. The summed E-state index contributed by atoms with van der Waals surface area (Å²) in [5, 5.41) is 4.27. The average molecular weight is 350 g/mol. The maximum atomic E-state index is 12.5. The standard InChI is InChI=1S/C20H22N4O2/c1-26-19-5-2-14(11-22-19)12-24-9-7-17(13-24)23-20(25)16-4-3-15-6-8-21-18(15)10-16/h2-6,8,10-11,17,21H,7,9,12-13H2,1H3,(H,23,25)/t17-/m1/s1. The molecule has 0 saturated carbocycles. The monoisotopic (exact) mass is 350 g/mol. The number of benzene rings is 1. The molecule has 6 nitrogen and oxygen atoms in total. The second-order valence-electron chi connectivity index (χ2n) is 6.68. The molecule has 134 valence electrons. The molecule has 6 heteroatoms. The Labute approximate surface area is 152 Å². The molecule has 0 bridgehead atoms. The van der Waals surface area contributed by atoms with E-state index < -0.39 is 0 Å². The van der Waals surface area contributed by atoms with Crippen LogP contribution >= 0.6 is 0 Å². The molecule has 3 heterocycles. The van der Waals surface area contributed by atoms with Crippen LogP contribution < -0.4 is 10.1 Å². The summed E-state index contributed by atoms with van der Waals surface area (Å²) in [6, 6.07) is 11.8. The Morgan fingerprint density at radius 3 is 3.08 bits per heavy atom. The third-order valence-electron chi connectivity index (χ3n) is 4.84. The molecule has 0 radical (unpaired) electrons. The number of carbonyl (C=O) groups excluding carboxylic acids is 1. The number of rotatable bonds is 5. The summed E-state index contributed by atoms with van der Waals surface area (Å²) in [6.45, 7) is 2.65. The Morgan fingerprint density at radius 1 is 1.35 bits per heavy atom. The number of hydrogen-bond acceptors (Lipinski definition) is 4. The number of H-pyrrole nitrogens is 1. The second kappa shape index (κ2) is 7.17. The molecule has 0 spiro atoms. The molecule has 1 atom stereocenters. The Hall–Kier alpha value is -2.86. The van der Waals surface area contributed by atoms with Gasteiger partial charge in [0.05, 0.1) is 7.11 Å². The summed E-state index contributed by atoms with van der Waals surface area (Å²) in [4.78, 5) is 22.3. The van der Waals surface area contributed by atoms with Gasteiger partial charge < -0.3 is 15.0 Å². The zero-order valence-electron chi connectivity index (χ0n) is 14.7. The topological polar surface area (TPSA) is 70.2 Å². The number of likely N-dealkylation sites (tertiary alicyclic amines) is 1. The first-order valence-corrected chi connectivity index (χ1v) is 8.80. The molecule has 2 aromatic heterocycles. The van der Waals surface area contributed by atoms with Crippen molar-refractivity contribution < 1.29 is 9.53 Å². The number of ether oxygens (including phenoxy) is 1. The Balaban J connectivity index is 1.33. The number of nitrogens with one attached hydrogen (secondary N) is 2. The van der Waals surface area contributed by atoms with Crippen molar-refractivity contribution in [2.75, 3.05) is 20.2 Å². The molecule has 1 amide bonds. The summed E-state index contributed by atoms with van der Waals surface area (Å²) in [7, 11) is 1.61. The minimum Gasteiger partial charge on any atom is -0.481 e. The Morgan fingerprint density at radius 2 is 2.27 bits per heavy atom. The maximum Gasteiger partial charge on any atom is 0.251 e. The molecule has 1 aliphatic rings. The third-order valence-corrected chi connectivity index (χ3v) is 4.84. The van der Waals surface area contributed by atoms with Gasteiger partial charge in [0.1, 0.15) is 0 Å². The molecule has 1 saturated heterocycles. The van der Waals surface area contributed by atoms with Gasteiger partial charge in [0.15, 0.2) is 0 Å².